The molecular formula is C12H14ClN3O3. The molecule has 1 atom stereocenters. The van der Waals surface area contributed by atoms with Crippen molar-refractivity contribution in [2.45, 2.75) is 19.4 Å². The van der Waals surface area contributed by atoms with Gasteiger partial charge in [-0.3, -0.25) is 4.79 Å². The number of hydrogen-bond acceptors (Lipinski definition) is 4. The van der Waals surface area contributed by atoms with Crippen LogP contribution in [0.4, 0.5) is 5.82 Å². The molecular weight excluding hydrogens is 270 g/mol. The summed E-state index contributed by atoms with van der Waals surface area (Å²) in [6, 6.07) is 1.08. The van der Waals surface area contributed by atoms with Crippen LogP contribution in [0, 0.1) is 0 Å². The number of aromatic nitrogens is 1. The first-order valence-electron chi connectivity index (χ1n) is 5.97. The van der Waals surface area contributed by atoms with Crippen molar-refractivity contribution >= 4 is 29.3 Å². The van der Waals surface area contributed by atoms with E-state index in [1.165, 1.54) is 12.3 Å². The van der Waals surface area contributed by atoms with Crippen molar-refractivity contribution in [2.75, 3.05) is 18.0 Å². The smallest absolute Gasteiger partial charge is 0.337 e. The molecule has 0 aromatic carbocycles. The molecule has 1 amide bonds. The van der Waals surface area contributed by atoms with Crippen LogP contribution in [0.15, 0.2) is 12.3 Å². The van der Waals surface area contributed by atoms with Gasteiger partial charge >= 0.3 is 5.97 Å². The summed E-state index contributed by atoms with van der Waals surface area (Å²) in [7, 11) is 0. The molecule has 0 radical (unpaired) electrons. The maximum absolute atomic E-state index is 11.8. The lowest BCUT2D eigenvalue weighted by molar-refractivity contribution is -0.123. The van der Waals surface area contributed by atoms with E-state index in [1.54, 1.807) is 0 Å². The van der Waals surface area contributed by atoms with Gasteiger partial charge in [-0.05, 0) is 12.5 Å². The molecule has 2 rings (SSSR count). The summed E-state index contributed by atoms with van der Waals surface area (Å²) in [6.45, 7) is 3.01. The van der Waals surface area contributed by atoms with Crippen molar-refractivity contribution in [3.63, 3.8) is 0 Å². The van der Waals surface area contributed by atoms with Gasteiger partial charge in [-0.2, -0.15) is 0 Å². The van der Waals surface area contributed by atoms with Crippen LogP contribution >= 0.6 is 11.6 Å². The molecule has 0 bridgehead atoms. The molecule has 1 aromatic rings. The Kier molecular flexibility index (Phi) is 3.90. The topological polar surface area (TPSA) is 82.5 Å². The number of aromatic carboxylic acids is 1. The van der Waals surface area contributed by atoms with E-state index < -0.39 is 5.97 Å². The zero-order valence-electron chi connectivity index (χ0n) is 10.4. The van der Waals surface area contributed by atoms with Gasteiger partial charge in [0.2, 0.25) is 5.91 Å². The van der Waals surface area contributed by atoms with Gasteiger partial charge in [-0.15, -0.1) is 0 Å². The fourth-order valence-corrected chi connectivity index (χ4v) is 2.33. The van der Waals surface area contributed by atoms with Crippen LogP contribution in [0.2, 0.25) is 5.02 Å². The lowest BCUT2D eigenvalue weighted by atomic mass is 10.1. The number of halogens is 1. The molecule has 19 heavy (non-hydrogen) atoms. The lowest BCUT2D eigenvalue weighted by Gasteiger charge is -2.35. The summed E-state index contributed by atoms with van der Waals surface area (Å²) in [4.78, 5) is 28.8. The number of carboxylic acids is 1. The van der Waals surface area contributed by atoms with E-state index >= 15 is 0 Å². The van der Waals surface area contributed by atoms with Crippen molar-refractivity contribution < 1.29 is 14.7 Å². The molecule has 102 valence electrons. The fourth-order valence-electron chi connectivity index (χ4n) is 2.14. The molecule has 0 spiro atoms. The molecule has 0 saturated carbocycles. The van der Waals surface area contributed by atoms with Gasteiger partial charge in [0.15, 0.2) is 0 Å². The minimum atomic E-state index is -1.11. The largest absolute Gasteiger partial charge is 0.478 e. The number of nitrogens with zero attached hydrogens (tertiary/aromatic N) is 2. The summed E-state index contributed by atoms with van der Waals surface area (Å²) < 4.78 is 0. The van der Waals surface area contributed by atoms with Crippen LogP contribution in [0.3, 0.4) is 0 Å². The third-order valence-corrected chi connectivity index (χ3v) is 3.38. The van der Waals surface area contributed by atoms with E-state index in [-0.39, 0.29) is 22.5 Å². The monoisotopic (exact) mass is 283 g/mol. The molecule has 1 saturated heterocycles. The first-order chi connectivity index (χ1) is 9.04. The molecule has 2 N–H and O–H groups in total. The van der Waals surface area contributed by atoms with Gasteiger partial charge in [-0.25, -0.2) is 9.78 Å². The number of anilines is 1. The summed E-state index contributed by atoms with van der Waals surface area (Å²) in [5.74, 6) is -0.714. The second-order valence-electron chi connectivity index (χ2n) is 4.24. The Morgan fingerprint density at radius 1 is 1.68 bits per heavy atom. The number of rotatable bonds is 3. The third kappa shape index (κ3) is 2.63. The molecule has 2 heterocycles. The molecule has 7 heteroatoms. The van der Waals surface area contributed by atoms with Crippen molar-refractivity contribution in [3.8, 4) is 0 Å². The molecule has 0 aliphatic carbocycles. The highest BCUT2D eigenvalue weighted by molar-refractivity contribution is 6.33. The minimum Gasteiger partial charge on any atom is -0.478 e. The predicted molar refractivity (Wildman–Crippen MR) is 70.6 cm³/mol. The quantitative estimate of drug-likeness (QED) is 0.869. The average Bonchev–Trinajstić information content (AvgIpc) is 2.38. The number of carboxylic acid groups (broad SMARTS) is 1. The number of amides is 1. The van der Waals surface area contributed by atoms with Crippen molar-refractivity contribution in [1.82, 2.24) is 10.3 Å². The maximum atomic E-state index is 11.8. The van der Waals surface area contributed by atoms with Gasteiger partial charge in [-0.1, -0.05) is 18.5 Å². The van der Waals surface area contributed by atoms with Crippen LogP contribution in [-0.2, 0) is 4.79 Å². The van der Waals surface area contributed by atoms with Crippen LogP contribution in [0.1, 0.15) is 23.7 Å². The number of piperazine rings is 1. The second kappa shape index (κ2) is 5.44. The van der Waals surface area contributed by atoms with Gasteiger partial charge in [0, 0.05) is 19.3 Å². The highest BCUT2D eigenvalue weighted by Crippen LogP contribution is 2.23. The Bertz CT molecular complexity index is 521. The summed E-state index contributed by atoms with van der Waals surface area (Å²) >= 11 is 5.79. The molecule has 1 fully saturated rings. The number of pyridine rings is 1. The Morgan fingerprint density at radius 3 is 3.05 bits per heavy atom. The van der Waals surface area contributed by atoms with E-state index in [0.717, 1.165) is 0 Å². The molecule has 1 aromatic heterocycles. The van der Waals surface area contributed by atoms with Crippen LogP contribution in [-0.4, -0.2) is 41.1 Å². The average molecular weight is 284 g/mol. The number of hydrogen-bond donors (Lipinski definition) is 2. The van der Waals surface area contributed by atoms with Crippen LogP contribution < -0.4 is 10.2 Å². The Hall–Kier alpha value is -1.82. The fraction of sp³-hybridized carbons (Fsp3) is 0.417. The Balaban J connectivity index is 2.37. The summed E-state index contributed by atoms with van der Waals surface area (Å²) in [6.07, 6.45) is 1.93. The van der Waals surface area contributed by atoms with Gasteiger partial charge < -0.3 is 15.3 Å². The van der Waals surface area contributed by atoms with Crippen LogP contribution in [0.5, 0.6) is 0 Å². The number of carbonyl (C=O) groups excluding carboxylic acids is 1. The van der Waals surface area contributed by atoms with E-state index in [2.05, 4.69) is 10.3 Å². The normalized spacial score (nSPS) is 19.2. The molecule has 1 aliphatic heterocycles. The second-order valence-corrected chi connectivity index (χ2v) is 4.64. The van der Waals surface area contributed by atoms with Crippen molar-refractivity contribution in [2.24, 2.45) is 0 Å². The highest BCUT2D eigenvalue weighted by Gasteiger charge is 2.29. The van der Waals surface area contributed by atoms with E-state index in [9.17, 15) is 9.59 Å². The maximum Gasteiger partial charge on any atom is 0.337 e. The van der Waals surface area contributed by atoms with Crippen molar-refractivity contribution in [1.29, 1.82) is 0 Å². The van der Waals surface area contributed by atoms with E-state index in [1.807, 2.05) is 11.8 Å². The molecule has 6 nitrogen and oxygen atoms in total. The zero-order chi connectivity index (χ0) is 14.0. The van der Waals surface area contributed by atoms with Crippen molar-refractivity contribution in [3.05, 3.63) is 22.8 Å². The minimum absolute atomic E-state index is 0.00694. The highest BCUT2D eigenvalue weighted by atomic mass is 35.5. The van der Waals surface area contributed by atoms with E-state index in [4.69, 9.17) is 16.7 Å². The Labute approximate surface area is 115 Å². The first-order valence-corrected chi connectivity index (χ1v) is 6.35. The zero-order valence-corrected chi connectivity index (χ0v) is 11.1. The van der Waals surface area contributed by atoms with Crippen LogP contribution in [0.25, 0.3) is 0 Å². The first kappa shape index (κ1) is 13.6. The molecule has 1 aliphatic rings. The summed E-state index contributed by atoms with van der Waals surface area (Å²) in [5, 5.41) is 11.9. The lowest BCUT2D eigenvalue weighted by Crippen LogP contribution is -2.55. The third-order valence-electron chi connectivity index (χ3n) is 3.08. The standard InChI is InChI=1S/C12H14ClN3O3/c1-2-9-11(17)14-3-4-16(9)10-5-7(12(18)19)8(13)6-15-10/h5-6,9H,2-4H2,1H3,(H,14,17)(H,18,19). The van der Waals surface area contributed by atoms with Gasteiger partial charge in [0.1, 0.15) is 11.9 Å². The number of nitrogens with one attached hydrogen (secondary N) is 1. The Morgan fingerprint density at radius 2 is 2.42 bits per heavy atom. The SMILES string of the molecule is CCC1C(=O)NCCN1c1cc(C(=O)O)c(Cl)cn1. The molecule has 1 unspecified atom stereocenters. The predicted octanol–water partition coefficient (Wildman–Crippen LogP) is 1.15. The van der Waals surface area contributed by atoms with Gasteiger partial charge in [0.05, 0.1) is 10.6 Å². The van der Waals surface area contributed by atoms with E-state index in [0.29, 0.717) is 25.3 Å². The number of carbonyl (C=O) groups is 2. The summed E-state index contributed by atoms with van der Waals surface area (Å²) in [5.41, 5.74) is -0.00694. The van der Waals surface area contributed by atoms with Gasteiger partial charge in [0.25, 0.3) is 0 Å².